The molecule has 0 bridgehead atoms. The van der Waals surface area contributed by atoms with Gasteiger partial charge in [0.1, 0.15) is 0 Å². The van der Waals surface area contributed by atoms with E-state index in [1.165, 1.54) is 28.1 Å². The van der Waals surface area contributed by atoms with Crippen molar-refractivity contribution >= 4 is 28.3 Å². The van der Waals surface area contributed by atoms with Crippen LogP contribution in [0.2, 0.25) is 0 Å². The summed E-state index contributed by atoms with van der Waals surface area (Å²) < 4.78 is 0. The molecule has 1 aromatic rings. The maximum absolute atomic E-state index is 11.7. The Morgan fingerprint density at radius 2 is 1.81 bits per heavy atom. The lowest BCUT2D eigenvalue weighted by Crippen LogP contribution is -2.36. The third-order valence-electron chi connectivity index (χ3n) is 2.06. The van der Waals surface area contributed by atoms with Gasteiger partial charge in [-0.15, -0.1) is 0 Å². The summed E-state index contributed by atoms with van der Waals surface area (Å²) >= 11 is 1.24. The van der Waals surface area contributed by atoms with Crippen LogP contribution in [-0.4, -0.2) is 42.8 Å². The van der Waals surface area contributed by atoms with Crippen molar-refractivity contribution in [1.82, 2.24) is 9.88 Å². The van der Waals surface area contributed by atoms with Crippen LogP contribution in [0, 0.1) is 6.92 Å². The van der Waals surface area contributed by atoms with Crippen LogP contribution in [-0.2, 0) is 0 Å². The fraction of sp³-hybridized carbons (Fsp3) is 0.500. The fourth-order valence-corrected chi connectivity index (χ4v) is 2.15. The predicted molar refractivity (Wildman–Crippen MR) is 64.3 cm³/mol. The van der Waals surface area contributed by atoms with Crippen LogP contribution >= 0.6 is 11.3 Å². The Hall–Kier alpha value is -1.43. The van der Waals surface area contributed by atoms with Gasteiger partial charge in [0.25, 0.3) is 0 Å². The minimum Gasteiger partial charge on any atom is -0.330 e. The molecule has 0 spiro atoms. The summed E-state index contributed by atoms with van der Waals surface area (Å²) in [6, 6.07) is -0.163. The monoisotopic (exact) mass is 241 g/mol. The Balaban J connectivity index is 3.02. The lowest BCUT2D eigenvalue weighted by Gasteiger charge is -2.18. The van der Waals surface area contributed by atoms with Gasteiger partial charge in [-0.05, 0) is 6.92 Å². The number of hydrogen-bond donors (Lipinski definition) is 0. The number of hydrogen-bond acceptors (Lipinski definition) is 4. The van der Waals surface area contributed by atoms with Crippen molar-refractivity contribution < 1.29 is 9.59 Å². The molecular weight excluding hydrogens is 226 g/mol. The lowest BCUT2D eigenvalue weighted by atomic mass is 10.3. The minimum absolute atomic E-state index is 0.0213. The maximum atomic E-state index is 11.7. The Bertz CT molecular complexity index is 426. The first-order chi connectivity index (χ1) is 7.34. The summed E-state index contributed by atoms with van der Waals surface area (Å²) in [5.41, 5.74) is 0.672. The number of ketones is 1. The van der Waals surface area contributed by atoms with Gasteiger partial charge in [0.15, 0.2) is 10.9 Å². The summed E-state index contributed by atoms with van der Waals surface area (Å²) in [5, 5.41) is 0.543. The summed E-state index contributed by atoms with van der Waals surface area (Å²) in [5.74, 6) is -0.0213. The Labute approximate surface area is 98.7 Å². The Kier molecular flexibility index (Phi) is 3.64. The zero-order valence-electron chi connectivity index (χ0n) is 10.1. The van der Waals surface area contributed by atoms with Crippen molar-refractivity contribution in [2.45, 2.75) is 13.8 Å². The van der Waals surface area contributed by atoms with Crippen LogP contribution in [0.15, 0.2) is 0 Å². The standard InChI is InChI=1S/C10H15N3O2S/c1-6-8(7(2)14)16-9(11-6)13(5)10(15)12(3)4/h1-5H3. The topological polar surface area (TPSA) is 53.5 Å². The number of aryl methyl sites for hydroxylation is 1. The van der Waals surface area contributed by atoms with Crippen LogP contribution in [0.5, 0.6) is 0 Å². The van der Waals surface area contributed by atoms with Crippen molar-refractivity contribution in [3.8, 4) is 0 Å². The molecule has 0 radical (unpaired) electrons. The predicted octanol–water partition coefficient (Wildman–Crippen LogP) is 1.77. The Morgan fingerprint density at radius 1 is 1.25 bits per heavy atom. The van der Waals surface area contributed by atoms with E-state index in [1.54, 1.807) is 28.1 Å². The molecule has 1 aromatic heterocycles. The SMILES string of the molecule is CC(=O)c1sc(N(C)C(=O)N(C)C)nc1C. The number of rotatable bonds is 2. The molecule has 0 fully saturated rings. The molecule has 0 aliphatic heterocycles. The highest BCUT2D eigenvalue weighted by atomic mass is 32.1. The third kappa shape index (κ3) is 2.38. The average molecular weight is 241 g/mol. The summed E-state index contributed by atoms with van der Waals surface area (Å²) in [6.07, 6.45) is 0. The van der Waals surface area contributed by atoms with Gasteiger partial charge >= 0.3 is 6.03 Å². The van der Waals surface area contributed by atoms with Gasteiger partial charge in [-0.25, -0.2) is 9.78 Å². The average Bonchev–Trinajstić information content (AvgIpc) is 2.58. The van der Waals surface area contributed by atoms with Crippen molar-refractivity contribution in [2.75, 3.05) is 26.0 Å². The van der Waals surface area contributed by atoms with Crippen LogP contribution in [0.1, 0.15) is 22.3 Å². The lowest BCUT2D eigenvalue weighted by molar-refractivity contribution is 0.102. The van der Waals surface area contributed by atoms with Gasteiger partial charge in [-0.3, -0.25) is 9.69 Å². The van der Waals surface area contributed by atoms with E-state index in [0.717, 1.165) is 0 Å². The highest BCUT2D eigenvalue weighted by molar-refractivity contribution is 7.17. The van der Waals surface area contributed by atoms with Gasteiger partial charge in [0.05, 0.1) is 10.6 Å². The minimum atomic E-state index is -0.163. The first-order valence-corrected chi connectivity index (χ1v) is 5.59. The number of thiazole rings is 1. The van der Waals surface area contributed by atoms with E-state index in [-0.39, 0.29) is 11.8 Å². The number of amides is 2. The van der Waals surface area contributed by atoms with E-state index in [4.69, 9.17) is 0 Å². The van der Waals surface area contributed by atoms with E-state index in [9.17, 15) is 9.59 Å². The second kappa shape index (κ2) is 4.61. The molecule has 6 heteroatoms. The smallest absolute Gasteiger partial charge is 0.325 e. The van der Waals surface area contributed by atoms with Gasteiger partial charge in [0.2, 0.25) is 0 Å². The van der Waals surface area contributed by atoms with Crippen LogP contribution in [0.4, 0.5) is 9.93 Å². The first-order valence-electron chi connectivity index (χ1n) is 4.78. The normalized spacial score (nSPS) is 10.1. The second-order valence-electron chi connectivity index (χ2n) is 3.70. The van der Waals surface area contributed by atoms with Crippen molar-refractivity contribution in [3.63, 3.8) is 0 Å². The number of nitrogens with zero attached hydrogens (tertiary/aromatic N) is 3. The van der Waals surface area contributed by atoms with Crippen molar-refractivity contribution in [3.05, 3.63) is 10.6 Å². The molecular formula is C10H15N3O2S. The molecule has 0 aliphatic carbocycles. The molecule has 0 unspecified atom stereocenters. The van der Waals surface area contributed by atoms with Gasteiger partial charge in [0, 0.05) is 28.1 Å². The molecule has 0 saturated carbocycles. The largest absolute Gasteiger partial charge is 0.330 e. The zero-order chi connectivity index (χ0) is 12.5. The number of aromatic nitrogens is 1. The maximum Gasteiger partial charge on any atom is 0.325 e. The molecule has 0 N–H and O–H groups in total. The molecule has 16 heavy (non-hydrogen) atoms. The van der Waals surface area contributed by atoms with E-state index < -0.39 is 0 Å². The van der Waals surface area contributed by atoms with E-state index in [2.05, 4.69) is 4.98 Å². The van der Waals surface area contributed by atoms with E-state index in [1.807, 2.05) is 0 Å². The first kappa shape index (κ1) is 12.6. The number of Topliss-reactive ketones (excluding diaryl/α,β-unsaturated/α-hetero) is 1. The summed E-state index contributed by atoms with van der Waals surface area (Å²) in [4.78, 5) is 30.6. The van der Waals surface area contributed by atoms with Crippen LogP contribution in [0.3, 0.4) is 0 Å². The number of carbonyl (C=O) groups excluding carboxylic acids is 2. The number of urea groups is 1. The van der Waals surface area contributed by atoms with E-state index in [0.29, 0.717) is 15.7 Å². The molecule has 2 amide bonds. The molecule has 1 rings (SSSR count). The van der Waals surface area contributed by atoms with Crippen molar-refractivity contribution in [1.29, 1.82) is 0 Å². The van der Waals surface area contributed by atoms with Crippen molar-refractivity contribution in [2.24, 2.45) is 0 Å². The van der Waals surface area contributed by atoms with Gasteiger partial charge < -0.3 is 4.90 Å². The second-order valence-corrected chi connectivity index (χ2v) is 4.68. The Morgan fingerprint density at radius 3 is 2.19 bits per heavy atom. The molecule has 0 saturated heterocycles. The molecule has 0 aliphatic rings. The third-order valence-corrected chi connectivity index (χ3v) is 3.40. The number of anilines is 1. The van der Waals surface area contributed by atoms with E-state index >= 15 is 0 Å². The molecule has 1 heterocycles. The molecule has 5 nitrogen and oxygen atoms in total. The quantitative estimate of drug-likeness (QED) is 0.741. The zero-order valence-corrected chi connectivity index (χ0v) is 10.9. The number of carbonyl (C=O) groups is 2. The highest BCUT2D eigenvalue weighted by Crippen LogP contribution is 2.25. The van der Waals surface area contributed by atoms with Crippen LogP contribution < -0.4 is 4.90 Å². The fourth-order valence-electron chi connectivity index (χ4n) is 1.23. The molecule has 88 valence electrons. The van der Waals surface area contributed by atoms with Gasteiger partial charge in [-0.2, -0.15) is 0 Å². The van der Waals surface area contributed by atoms with Crippen LogP contribution in [0.25, 0.3) is 0 Å². The summed E-state index contributed by atoms with van der Waals surface area (Å²) in [6.45, 7) is 3.27. The van der Waals surface area contributed by atoms with Gasteiger partial charge in [-0.1, -0.05) is 11.3 Å². The highest BCUT2D eigenvalue weighted by Gasteiger charge is 2.19. The molecule has 0 atom stereocenters. The summed E-state index contributed by atoms with van der Waals surface area (Å²) in [7, 11) is 4.99. The molecule has 0 aromatic carbocycles.